The zero-order valence-corrected chi connectivity index (χ0v) is 16.4. The third-order valence-corrected chi connectivity index (χ3v) is 5.15. The number of nitrogens with one attached hydrogen (secondary N) is 1. The van der Waals surface area contributed by atoms with Gasteiger partial charge in [-0.05, 0) is 54.5 Å². The van der Waals surface area contributed by atoms with Crippen LogP contribution in [0.3, 0.4) is 0 Å². The van der Waals surface area contributed by atoms with Gasteiger partial charge in [0.2, 0.25) is 0 Å². The summed E-state index contributed by atoms with van der Waals surface area (Å²) in [5.74, 6) is 0. The molecule has 0 saturated carbocycles. The number of hydrogen-bond acceptors (Lipinski definition) is 2. The summed E-state index contributed by atoms with van der Waals surface area (Å²) in [5, 5.41) is 3.04. The molecule has 2 aromatic carbocycles. The Bertz CT molecular complexity index is 719. The van der Waals surface area contributed by atoms with Crippen LogP contribution in [-0.2, 0) is 24.1 Å². The van der Waals surface area contributed by atoms with Gasteiger partial charge in [0, 0.05) is 25.4 Å². The Kier molecular flexibility index (Phi) is 6.88. The van der Waals surface area contributed by atoms with E-state index < -0.39 is 0 Å². The van der Waals surface area contributed by atoms with Gasteiger partial charge in [0.05, 0.1) is 6.10 Å². The maximum atomic E-state index is 12.9. The van der Waals surface area contributed by atoms with Crippen LogP contribution in [0.2, 0.25) is 0 Å². The Labute approximate surface area is 162 Å². The summed E-state index contributed by atoms with van der Waals surface area (Å²) in [6, 6.07) is 16.5. The van der Waals surface area contributed by atoms with Crippen molar-refractivity contribution < 1.29 is 9.53 Å². The summed E-state index contributed by atoms with van der Waals surface area (Å²) in [7, 11) is 0. The number of benzene rings is 2. The highest BCUT2D eigenvalue weighted by Gasteiger charge is 2.23. The van der Waals surface area contributed by atoms with Crippen LogP contribution < -0.4 is 5.32 Å². The van der Waals surface area contributed by atoms with Crippen molar-refractivity contribution in [3.63, 3.8) is 0 Å². The fraction of sp³-hybridized carbons (Fsp3) is 0.435. The van der Waals surface area contributed by atoms with Crippen molar-refractivity contribution in [2.75, 3.05) is 18.5 Å². The molecule has 27 heavy (non-hydrogen) atoms. The largest absolute Gasteiger partial charge is 0.376 e. The summed E-state index contributed by atoms with van der Waals surface area (Å²) in [6.45, 7) is 6.28. The van der Waals surface area contributed by atoms with Gasteiger partial charge in [-0.3, -0.25) is 0 Å². The number of aryl methyl sites for hydroxylation is 2. The molecular formula is C23H30N2O2. The van der Waals surface area contributed by atoms with Crippen LogP contribution in [0.5, 0.6) is 0 Å². The number of hydrogen-bond donors (Lipinski definition) is 1. The third-order valence-electron chi connectivity index (χ3n) is 5.15. The van der Waals surface area contributed by atoms with Gasteiger partial charge in [0.1, 0.15) is 0 Å². The predicted molar refractivity (Wildman–Crippen MR) is 110 cm³/mol. The molecule has 2 aromatic rings. The first-order chi connectivity index (χ1) is 13.2. The highest BCUT2D eigenvalue weighted by molar-refractivity contribution is 5.89. The molecule has 2 amide bonds. The quantitative estimate of drug-likeness (QED) is 0.747. The number of ether oxygens (including phenoxy) is 1. The number of urea groups is 1. The van der Waals surface area contributed by atoms with Gasteiger partial charge in [-0.15, -0.1) is 0 Å². The molecular weight excluding hydrogens is 336 g/mol. The van der Waals surface area contributed by atoms with Crippen molar-refractivity contribution in [1.29, 1.82) is 0 Å². The molecule has 4 nitrogen and oxygen atoms in total. The fourth-order valence-electron chi connectivity index (χ4n) is 3.38. The van der Waals surface area contributed by atoms with Crippen LogP contribution in [0.25, 0.3) is 0 Å². The third kappa shape index (κ3) is 5.57. The predicted octanol–water partition coefficient (Wildman–Crippen LogP) is 5.02. The normalized spacial score (nSPS) is 16.3. The molecule has 4 heteroatoms. The number of carbonyl (C=O) groups excluding carboxylic acids is 1. The van der Waals surface area contributed by atoms with Gasteiger partial charge in [-0.25, -0.2) is 4.79 Å². The molecule has 1 saturated heterocycles. The van der Waals surface area contributed by atoms with Crippen molar-refractivity contribution in [2.45, 2.75) is 52.2 Å². The number of carbonyl (C=O) groups is 1. The molecule has 0 aliphatic carbocycles. The van der Waals surface area contributed by atoms with E-state index in [0.717, 1.165) is 43.5 Å². The van der Waals surface area contributed by atoms with Gasteiger partial charge in [-0.1, -0.05) is 50.2 Å². The molecule has 0 unspecified atom stereocenters. The SMILES string of the molecule is CCc1ccc(CN(C[C@H]2CCCO2)C(=O)Nc2ccc(CC)cc2)cc1. The molecule has 0 radical (unpaired) electrons. The Balaban J connectivity index is 1.69. The van der Waals surface area contributed by atoms with E-state index >= 15 is 0 Å². The number of nitrogens with zero attached hydrogens (tertiary/aromatic N) is 1. The monoisotopic (exact) mass is 366 g/mol. The van der Waals surface area contributed by atoms with Gasteiger partial charge >= 0.3 is 6.03 Å². The van der Waals surface area contributed by atoms with Gasteiger partial charge in [0.15, 0.2) is 0 Å². The molecule has 0 aromatic heterocycles. The maximum absolute atomic E-state index is 12.9. The number of rotatable bonds is 7. The lowest BCUT2D eigenvalue weighted by atomic mass is 10.1. The lowest BCUT2D eigenvalue weighted by Gasteiger charge is -2.26. The molecule has 1 fully saturated rings. The van der Waals surface area contributed by atoms with Crippen LogP contribution in [0, 0.1) is 0 Å². The van der Waals surface area contributed by atoms with E-state index in [9.17, 15) is 4.79 Å². The lowest BCUT2D eigenvalue weighted by Crippen LogP contribution is -2.39. The van der Waals surface area contributed by atoms with Crippen LogP contribution in [0.15, 0.2) is 48.5 Å². The minimum atomic E-state index is -0.0747. The smallest absolute Gasteiger partial charge is 0.322 e. The van der Waals surface area contributed by atoms with Crippen LogP contribution in [-0.4, -0.2) is 30.2 Å². The van der Waals surface area contributed by atoms with Crippen molar-refractivity contribution in [2.24, 2.45) is 0 Å². The first kappa shape index (κ1) is 19.4. The van der Waals surface area contributed by atoms with E-state index in [1.54, 1.807) is 0 Å². The van der Waals surface area contributed by atoms with Gasteiger partial charge in [-0.2, -0.15) is 0 Å². The lowest BCUT2D eigenvalue weighted by molar-refractivity contribution is 0.0819. The molecule has 0 bridgehead atoms. The van der Waals surface area contributed by atoms with Crippen molar-refractivity contribution in [3.05, 3.63) is 65.2 Å². The van der Waals surface area contributed by atoms with Crippen molar-refractivity contribution in [3.8, 4) is 0 Å². The Morgan fingerprint density at radius 3 is 2.15 bits per heavy atom. The second-order valence-corrected chi connectivity index (χ2v) is 7.17. The van der Waals surface area contributed by atoms with E-state index in [0.29, 0.717) is 13.1 Å². The zero-order chi connectivity index (χ0) is 19.1. The van der Waals surface area contributed by atoms with Gasteiger partial charge < -0.3 is 15.0 Å². The van der Waals surface area contributed by atoms with Crippen molar-refractivity contribution >= 4 is 11.7 Å². The number of amides is 2. The molecule has 1 heterocycles. The van der Waals surface area contributed by atoms with Crippen LogP contribution in [0.4, 0.5) is 10.5 Å². The zero-order valence-electron chi connectivity index (χ0n) is 16.4. The average Bonchev–Trinajstić information content (AvgIpc) is 3.22. The molecule has 1 N–H and O–H groups in total. The van der Waals surface area contributed by atoms with Crippen LogP contribution >= 0.6 is 0 Å². The van der Waals surface area contributed by atoms with Gasteiger partial charge in [0.25, 0.3) is 0 Å². The first-order valence-electron chi connectivity index (χ1n) is 10.0. The second-order valence-electron chi connectivity index (χ2n) is 7.17. The van der Waals surface area contributed by atoms with Crippen molar-refractivity contribution in [1.82, 2.24) is 4.90 Å². The Hall–Kier alpha value is -2.33. The van der Waals surface area contributed by atoms with E-state index in [1.165, 1.54) is 11.1 Å². The summed E-state index contributed by atoms with van der Waals surface area (Å²) in [5.41, 5.74) is 4.54. The molecule has 1 aliphatic heterocycles. The van der Waals surface area contributed by atoms with E-state index in [2.05, 4.69) is 55.6 Å². The van der Waals surface area contributed by atoms with E-state index in [4.69, 9.17) is 4.74 Å². The Morgan fingerprint density at radius 2 is 1.59 bits per heavy atom. The highest BCUT2D eigenvalue weighted by Crippen LogP contribution is 2.17. The molecule has 3 rings (SSSR count). The minimum Gasteiger partial charge on any atom is -0.376 e. The molecule has 1 atom stereocenters. The molecule has 1 aliphatic rings. The minimum absolute atomic E-state index is 0.0747. The second kappa shape index (κ2) is 9.56. The van der Waals surface area contributed by atoms with Crippen LogP contribution in [0.1, 0.15) is 43.4 Å². The first-order valence-corrected chi connectivity index (χ1v) is 10.0. The maximum Gasteiger partial charge on any atom is 0.322 e. The standard InChI is InChI=1S/C23H30N2O2/c1-3-18-7-9-20(10-8-18)16-25(17-22-6-5-15-27-22)23(26)24-21-13-11-19(4-2)12-14-21/h7-14,22H,3-6,15-17H2,1-2H3,(H,24,26)/t22-/m1/s1. The Morgan fingerprint density at radius 1 is 1.00 bits per heavy atom. The molecule has 0 spiro atoms. The van der Waals surface area contributed by atoms with E-state index in [1.807, 2.05) is 17.0 Å². The summed E-state index contributed by atoms with van der Waals surface area (Å²) in [6.07, 6.45) is 4.24. The average molecular weight is 367 g/mol. The molecule has 144 valence electrons. The topological polar surface area (TPSA) is 41.6 Å². The highest BCUT2D eigenvalue weighted by atomic mass is 16.5. The fourth-order valence-corrected chi connectivity index (χ4v) is 3.38. The summed E-state index contributed by atoms with van der Waals surface area (Å²) < 4.78 is 5.77. The number of anilines is 1. The van der Waals surface area contributed by atoms with E-state index in [-0.39, 0.29) is 12.1 Å². The summed E-state index contributed by atoms with van der Waals surface area (Å²) >= 11 is 0. The summed E-state index contributed by atoms with van der Waals surface area (Å²) in [4.78, 5) is 14.8.